The lowest BCUT2D eigenvalue weighted by atomic mass is 10.0. The predicted octanol–water partition coefficient (Wildman–Crippen LogP) is 4.78. The van der Waals surface area contributed by atoms with E-state index in [9.17, 15) is 14.7 Å². The van der Waals surface area contributed by atoms with Crippen LogP contribution in [0.15, 0.2) is 71.0 Å². The number of furan rings is 1. The van der Waals surface area contributed by atoms with Gasteiger partial charge in [0.1, 0.15) is 17.1 Å². The zero-order chi connectivity index (χ0) is 20.9. The van der Waals surface area contributed by atoms with Crippen LogP contribution in [0.5, 0.6) is 5.75 Å². The van der Waals surface area contributed by atoms with Crippen LogP contribution in [0.25, 0.3) is 10.8 Å². The van der Waals surface area contributed by atoms with Gasteiger partial charge in [0.2, 0.25) is 0 Å². The number of ether oxygens (including phenoxy) is 1. The molecule has 0 radical (unpaired) electrons. The second-order valence-corrected chi connectivity index (χ2v) is 7.26. The first-order valence-electron chi connectivity index (χ1n) is 10.0. The molecule has 1 amide bonds. The number of amides is 1. The number of carbonyl (C=O) groups is 2. The molecule has 2 aromatic carbocycles. The second-order valence-electron chi connectivity index (χ2n) is 7.26. The number of hydrogen-bond acceptors (Lipinski definition) is 5. The van der Waals surface area contributed by atoms with Crippen molar-refractivity contribution in [3.8, 4) is 5.75 Å². The molecule has 6 heteroatoms. The molecular weight excluding hydrogens is 382 g/mol. The maximum Gasteiger partial charge on any atom is 0.342 e. The molecule has 1 aromatic heterocycles. The van der Waals surface area contributed by atoms with Crippen LogP contribution in [0.4, 0.5) is 0 Å². The number of esters is 1. The molecule has 1 aliphatic rings. The summed E-state index contributed by atoms with van der Waals surface area (Å²) in [6, 6.07) is 14.0. The largest absolute Gasteiger partial charge is 0.506 e. The van der Waals surface area contributed by atoms with E-state index in [2.05, 4.69) is 6.08 Å². The molecule has 0 spiro atoms. The van der Waals surface area contributed by atoms with Gasteiger partial charge in [-0.2, -0.15) is 0 Å². The number of fused-ring (bicyclic) bond motifs is 1. The lowest BCUT2D eigenvalue weighted by Crippen LogP contribution is -2.34. The van der Waals surface area contributed by atoms with Crippen molar-refractivity contribution >= 4 is 22.6 Å². The average molecular weight is 405 g/mol. The monoisotopic (exact) mass is 405 g/mol. The number of benzene rings is 2. The van der Waals surface area contributed by atoms with E-state index < -0.39 is 12.6 Å². The van der Waals surface area contributed by atoms with E-state index in [-0.39, 0.29) is 23.8 Å². The first-order valence-corrected chi connectivity index (χ1v) is 10.0. The van der Waals surface area contributed by atoms with Crippen LogP contribution in [0, 0.1) is 0 Å². The van der Waals surface area contributed by atoms with Gasteiger partial charge in [0.15, 0.2) is 6.61 Å². The Kier molecular flexibility index (Phi) is 5.84. The van der Waals surface area contributed by atoms with E-state index in [1.54, 1.807) is 35.4 Å². The van der Waals surface area contributed by atoms with Crippen LogP contribution < -0.4 is 0 Å². The molecule has 1 heterocycles. The lowest BCUT2D eigenvalue weighted by Gasteiger charge is -2.27. The number of allylic oxidation sites excluding steroid dienone is 2. The van der Waals surface area contributed by atoms with Gasteiger partial charge in [-0.05, 0) is 49.3 Å². The van der Waals surface area contributed by atoms with Crippen LogP contribution in [-0.4, -0.2) is 28.5 Å². The van der Waals surface area contributed by atoms with Gasteiger partial charge in [-0.3, -0.25) is 4.79 Å². The number of aromatic hydroxyl groups is 1. The van der Waals surface area contributed by atoms with Gasteiger partial charge in [-0.15, -0.1) is 0 Å². The van der Waals surface area contributed by atoms with Gasteiger partial charge in [0.25, 0.3) is 5.91 Å². The summed E-state index contributed by atoms with van der Waals surface area (Å²) in [6.45, 7) is -0.125. The minimum Gasteiger partial charge on any atom is -0.506 e. The Hall–Kier alpha value is -3.54. The van der Waals surface area contributed by atoms with Crippen molar-refractivity contribution < 1.29 is 23.8 Å². The summed E-state index contributed by atoms with van der Waals surface area (Å²) in [5.74, 6) is -0.545. The number of nitrogens with zero attached hydrogens (tertiary/aromatic N) is 1. The van der Waals surface area contributed by atoms with Crippen molar-refractivity contribution in [2.24, 2.45) is 0 Å². The predicted molar refractivity (Wildman–Crippen MR) is 112 cm³/mol. The Morgan fingerprint density at radius 1 is 1.07 bits per heavy atom. The maximum atomic E-state index is 12.9. The smallest absolute Gasteiger partial charge is 0.342 e. The molecule has 0 aliphatic heterocycles. The molecule has 0 saturated carbocycles. The van der Waals surface area contributed by atoms with E-state index in [1.165, 1.54) is 6.07 Å². The van der Waals surface area contributed by atoms with Gasteiger partial charge in [-0.1, -0.05) is 36.4 Å². The van der Waals surface area contributed by atoms with Gasteiger partial charge in [0, 0.05) is 11.1 Å². The Morgan fingerprint density at radius 2 is 1.93 bits per heavy atom. The van der Waals surface area contributed by atoms with Gasteiger partial charge >= 0.3 is 5.97 Å². The summed E-state index contributed by atoms with van der Waals surface area (Å²) >= 11 is 0. The number of phenols is 1. The molecule has 0 fully saturated rings. The molecule has 0 atom stereocenters. The first kappa shape index (κ1) is 19.8. The molecule has 0 saturated heterocycles. The topological polar surface area (TPSA) is 80.0 Å². The molecule has 154 valence electrons. The van der Waals surface area contributed by atoms with Crippen molar-refractivity contribution in [3.05, 3.63) is 77.9 Å². The summed E-state index contributed by atoms with van der Waals surface area (Å²) in [5.41, 5.74) is 0.961. The van der Waals surface area contributed by atoms with Crippen LogP contribution in [0.3, 0.4) is 0 Å². The first-order chi connectivity index (χ1) is 14.6. The van der Waals surface area contributed by atoms with Gasteiger partial charge < -0.3 is 19.2 Å². The Morgan fingerprint density at radius 3 is 2.70 bits per heavy atom. The number of hydrogen-bond donors (Lipinski definition) is 1. The van der Waals surface area contributed by atoms with E-state index in [0.29, 0.717) is 11.1 Å². The van der Waals surface area contributed by atoms with Crippen molar-refractivity contribution in [3.63, 3.8) is 0 Å². The Bertz CT molecular complexity index is 1080. The molecule has 6 nitrogen and oxygen atoms in total. The SMILES string of the molecule is O=C(OCC(=O)N(Cc1ccco1)C1=CCCCC1)c1ccc2ccccc2c1O. The standard InChI is InChI=1S/C24H23NO5/c26-22(25(15-19-10-6-14-29-19)18-8-2-1-3-9-18)16-30-24(28)21-13-12-17-7-4-5-11-20(17)23(21)27/h4-8,10-14,27H,1-3,9,15-16H2. The molecule has 3 aromatic rings. The lowest BCUT2D eigenvalue weighted by molar-refractivity contribution is -0.133. The number of phenolic OH excluding ortho intramolecular Hbond substituents is 1. The van der Waals surface area contributed by atoms with E-state index >= 15 is 0 Å². The molecule has 30 heavy (non-hydrogen) atoms. The number of carbonyl (C=O) groups excluding carboxylic acids is 2. The molecule has 0 bridgehead atoms. The minimum absolute atomic E-state index is 0.0379. The third kappa shape index (κ3) is 4.22. The molecular formula is C24H23NO5. The van der Waals surface area contributed by atoms with E-state index in [0.717, 1.165) is 36.8 Å². The zero-order valence-corrected chi connectivity index (χ0v) is 16.5. The van der Waals surface area contributed by atoms with Gasteiger partial charge in [0.05, 0.1) is 12.8 Å². The Labute approximate surface area is 174 Å². The van der Waals surface area contributed by atoms with Gasteiger partial charge in [-0.25, -0.2) is 4.79 Å². The highest BCUT2D eigenvalue weighted by Gasteiger charge is 2.23. The van der Waals surface area contributed by atoms with Crippen LogP contribution in [0.2, 0.25) is 0 Å². The number of rotatable bonds is 6. The molecule has 1 aliphatic carbocycles. The fourth-order valence-electron chi connectivity index (χ4n) is 3.68. The summed E-state index contributed by atoms with van der Waals surface area (Å²) in [4.78, 5) is 27.1. The molecule has 4 rings (SSSR count). The van der Waals surface area contributed by atoms with Crippen LogP contribution in [-0.2, 0) is 16.1 Å². The summed E-state index contributed by atoms with van der Waals surface area (Å²) in [6.07, 6.45) is 7.45. The van der Waals surface area contributed by atoms with Crippen LogP contribution >= 0.6 is 0 Å². The van der Waals surface area contributed by atoms with Crippen molar-refractivity contribution in [1.82, 2.24) is 4.90 Å². The van der Waals surface area contributed by atoms with E-state index in [4.69, 9.17) is 9.15 Å². The second kappa shape index (κ2) is 8.86. The Balaban J connectivity index is 1.48. The van der Waals surface area contributed by atoms with Crippen molar-refractivity contribution in [1.29, 1.82) is 0 Å². The highest BCUT2D eigenvalue weighted by atomic mass is 16.5. The minimum atomic E-state index is -0.734. The third-order valence-corrected chi connectivity index (χ3v) is 5.26. The molecule has 0 unspecified atom stereocenters. The summed E-state index contributed by atoms with van der Waals surface area (Å²) in [7, 11) is 0. The fourth-order valence-corrected chi connectivity index (χ4v) is 3.68. The third-order valence-electron chi connectivity index (χ3n) is 5.26. The van der Waals surface area contributed by atoms with Crippen LogP contribution in [0.1, 0.15) is 41.8 Å². The molecule has 1 N–H and O–H groups in total. The fraction of sp³-hybridized carbons (Fsp3) is 0.250. The summed E-state index contributed by atoms with van der Waals surface area (Å²) < 4.78 is 10.7. The maximum absolute atomic E-state index is 12.9. The average Bonchev–Trinajstić information content (AvgIpc) is 3.30. The quantitative estimate of drug-likeness (QED) is 0.597. The zero-order valence-electron chi connectivity index (χ0n) is 16.5. The highest BCUT2D eigenvalue weighted by molar-refractivity contribution is 6.01. The highest BCUT2D eigenvalue weighted by Crippen LogP contribution is 2.29. The normalized spacial score (nSPS) is 13.7. The van der Waals surface area contributed by atoms with Crippen molar-refractivity contribution in [2.75, 3.05) is 6.61 Å². The van der Waals surface area contributed by atoms with E-state index in [1.807, 2.05) is 18.2 Å². The summed E-state index contributed by atoms with van der Waals surface area (Å²) in [5, 5.41) is 11.8. The van der Waals surface area contributed by atoms with Crippen molar-refractivity contribution in [2.45, 2.75) is 32.2 Å².